The summed E-state index contributed by atoms with van der Waals surface area (Å²) in [5.74, 6) is 0. The molecule has 0 rings (SSSR count). The van der Waals surface area contributed by atoms with Crippen molar-refractivity contribution in [1.29, 1.82) is 0 Å². The predicted octanol–water partition coefficient (Wildman–Crippen LogP) is 1.23. The number of hydroxylamine groups is 2. The number of amides is 1. The second kappa shape index (κ2) is 3.69. The maximum Gasteiger partial charge on any atom is 0.340 e. The minimum absolute atomic E-state index is 0.471. The monoisotopic (exact) mass is 137 g/mol. The van der Waals surface area contributed by atoms with Gasteiger partial charge in [-0.2, -0.15) is 0 Å². The SMILES string of the molecule is CCN(OC)C(=O)Cl. The molecule has 1 amide bonds. The third kappa shape index (κ3) is 2.14. The topological polar surface area (TPSA) is 29.5 Å². The maximum absolute atomic E-state index is 10.2. The van der Waals surface area contributed by atoms with E-state index in [1.54, 1.807) is 6.92 Å². The Morgan fingerprint density at radius 1 is 1.88 bits per heavy atom. The molecule has 0 fully saturated rings. The summed E-state index contributed by atoms with van der Waals surface area (Å²) in [5, 5.41) is 0.455. The average molecular weight is 138 g/mol. The highest BCUT2D eigenvalue weighted by atomic mass is 35.5. The zero-order valence-corrected chi connectivity index (χ0v) is 5.60. The van der Waals surface area contributed by atoms with E-state index in [0.29, 0.717) is 6.54 Å². The highest BCUT2D eigenvalue weighted by Gasteiger charge is 2.03. The molecule has 0 heterocycles. The standard InChI is InChI=1S/C4H8ClNO2/c1-3-6(8-2)4(5)7/h3H2,1-2H3. The molecule has 4 heteroatoms. The summed E-state index contributed by atoms with van der Waals surface area (Å²) >= 11 is 5.01. The molecule has 0 aromatic heterocycles. The van der Waals surface area contributed by atoms with Crippen LogP contribution in [-0.2, 0) is 4.84 Å². The Bertz CT molecular complexity index is 82.1. The van der Waals surface area contributed by atoms with Crippen LogP contribution in [0.5, 0.6) is 0 Å². The lowest BCUT2D eigenvalue weighted by Crippen LogP contribution is -2.23. The van der Waals surface area contributed by atoms with Crippen LogP contribution < -0.4 is 0 Å². The third-order valence-corrected chi connectivity index (χ3v) is 0.892. The maximum atomic E-state index is 10.2. The summed E-state index contributed by atoms with van der Waals surface area (Å²) in [6.07, 6.45) is 0. The van der Waals surface area contributed by atoms with E-state index >= 15 is 0 Å². The first-order valence-corrected chi connectivity index (χ1v) is 2.61. The smallest absolute Gasteiger partial charge is 0.273 e. The summed E-state index contributed by atoms with van der Waals surface area (Å²) in [5.41, 5.74) is 0. The van der Waals surface area contributed by atoms with Crippen LogP contribution in [-0.4, -0.2) is 24.1 Å². The Balaban J connectivity index is 3.52. The molecule has 0 bridgehead atoms. The predicted molar refractivity (Wildman–Crippen MR) is 30.6 cm³/mol. The molecule has 3 nitrogen and oxygen atoms in total. The van der Waals surface area contributed by atoms with Crippen molar-refractivity contribution in [3.63, 3.8) is 0 Å². The lowest BCUT2D eigenvalue weighted by molar-refractivity contribution is -0.0733. The van der Waals surface area contributed by atoms with Crippen LogP contribution in [0.3, 0.4) is 0 Å². The van der Waals surface area contributed by atoms with Crippen molar-refractivity contribution in [3.8, 4) is 0 Å². The summed E-state index contributed by atoms with van der Waals surface area (Å²) in [7, 11) is 1.39. The number of carbonyl (C=O) groups is 1. The Morgan fingerprint density at radius 3 is 2.38 bits per heavy atom. The van der Waals surface area contributed by atoms with Gasteiger partial charge in [-0.15, -0.1) is 0 Å². The second-order valence-electron chi connectivity index (χ2n) is 1.13. The van der Waals surface area contributed by atoms with Gasteiger partial charge in [-0.1, -0.05) is 0 Å². The van der Waals surface area contributed by atoms with Crippen molar-refractivity contribution in [3.05, 3.63) is 0 Å². The Hall–Kier alpha value is -0.280. The van der Waals surface area contributed by atoms with Crippen molar-refractivity contribution in [2.75, 3.05) is 13.7 Å². The fraction of sp³-hybridized carbons (Fsp3) is 0.750. The van der Waals surface area contributed by atoms with Gasteiger partial charge in [0.05, 0.1) is 7.11 Å². The molecule has 8 heavy (non-hydrogen) atoms. The fourth-order valence-electron chi connectivity index (χ4n) is 0.325. The Labute approximate surface area is 53.1 Å². The van der Waals surface area contributed by atoms with Gasteiger partial charge in [0.1, 0.15) is 0 Å². The first-order valence-electron chi connectivity index (χ1n) is 2.23. The van der Waals surface area contributed by atoms with Crippen LogP contribution in [0.15, 0.2) is 0 Å². The first kappa shape index (κ1) is 7.72. The number of carbonyl (C=O) groups excluding carboxylic acids is 1. The van der Waals surface area contributed by atoms with E-state index in [2.05, 4.69) is 4.84 Å². The van der Waals surface area contributed by atoms with Crippen molar-refractivity contribution in [2.45, 2.75) is 6.92 Å². The van der Waals surface area contributed by atoms with Crippen LogP contribution in [0.4, 0.5) is 4.79 Å². The highest BCUT2D eigenvalue weighted by Crippen LogP contribution is 1.93. The molecule has 0 spiro atoms. The van der Waals surface area contributed by atoms with Gasteiger partial charge in [-0.25, -0.2) is 5.06 Å². The van der Waals surface area contributed by atoms with Gasteiger partial charge < -0.3 is 0 Å². The number of nitrogens with zero attached hydrogens (tertiary/aromatic N) is 1. The summed E-state index contributed by atoms with van der Waals surface area (Å²) in [6.45, 7) is 2.24. The molecule has 0 atom stereocenters. The van der Waals surface area contributed by atoms with E-state index < -0.39 is 5.37 Å². The molecule has 0 aromatic carbocycles. The Kier molecular flexibility index (Phi) is 3.56. The quantitative estimate of drug-likeness (QED) is 0.326. The molecule has 0 aliphatic carbocycles. The summed E-state index contributed by atoms with van der Waals surface area (Å²) < 4.78 is 0. The normalized spacial score (nSPS) is 8.88. The minimum atomic E-state index is -0.588. The third-order valence-electron chi connectivity index (χ3n) is 0.704. The number of hydrogen-bond donors (Lipinski definition) is 0. The van der Waals surface area contributed by atoms with E-state index in [1.165, 1.54) is 7.11 Å². The van der Waals surface area contributed by atoms with E-state index in [1.807, 2.05) is 0 Å². The molecular formula is C4H8ClNO2. The van der Waals surface area contributed by atoms with Gasteiger partial charge in [0.25, 0.3) is 0 Å². The van der Waals surface area contributed by atoms with Crippen molar-refractivity contribution < 1.29 is 9.63 Å². The minimum Gasteiger partial charge on any atom is -0.273 e. The van der Waals surface area contributed by atoms with Crippen molar-refractivity contribution >= 4 is 17.0 Å². The van der Waals surface area contributed by atoms with E-state index in [9.17, 15) is 4.79 Å². The van der Waals surface area contributed by atoms with Crippen LogP contribution in [0.2, 0.25) is 0 Å². The van der Waals surface area contributed by atoms with Gasteiger partial charge >= 0.3 is 5.37 Å². The fourth-order valence-corrected chi connectivity index (χ4v) is 0.514. The zero-order valence-electron chi connectivity index (χ0n) is 4.85. The van der Waals surface area contributed by atoms with Crippen LogP contribution >= 0.6 is 11.6 Å². The second-order valence-corrected chi connectivity index (χ2v) is 1.45. The molecule has 0 saturated carbocycles. The first-order chi connectivity index (χ1) is 3.72. The van der Waals surface area contributed by atoms with Crippen LogP contribution in [0, 0.1) is 0 Å². The molecule has 0 aliphatic rings. The van der Waals surface area contributed by atoms with Gasteiger partial charge in [0.15, 0.2) is 0 Å². The average Bonchev–Trinajstić information content (AvgIpc) is 1.69. The number of hydrogen-bond acceptors (Lipinski definition) is 2. The van der Waals surface area contributed by atoms with E-state index in [4.69, 9.17) is 11.6 Å². The van der Waals surface area contributed by atoms with Gasteiger partial charge in [-0.3, -0.25) is 9.63 Å². The van der Waals surface area contributed by atoms with Crippen molar-refractivity contribution in [1.82, 2.24) is 5.06 Å². The summed E-state index contributed by atoms with van der Waals surface area (Å²) in [4.78, 5) is 14.7. The largest absolute Gasteiger partial charge is 0.340 e. The number of rotatable bonds is 2. The van der Waals surface area contributed by atoms with Crippen LogP contribution in [0.1, 0.15) is 6.92 Å². The number of halogens is 1. The Morgan fingerprint density at radius 2 is 2.38 bits per heavy atom. The lowest BCUT2D eigenvalue weighted by Gasteiger charge is -2.11. The van der Waals surface area contributed by atoms with Gasteiger partial charge in [-0.05, 0) is 18.5 Å². The molecule has 0 aliphatic heterocycles. The lowest BCUT2D eigenvalue weighted by atomic mass is 10.8. The van der Waals surface area contributed by atoms with Crippen molar-refractivity contribution in [2.24, 2.45) is 0 Å². The highest BCUT2D eigenvalue weighted by molar-refractivity contribution is 6.62. The van der Waals surface area contributed by atoms with Gasteiger partial charge in [0.2, 0.25) is 0 Å². The molecule has 0 N–H and O–H groups in total. The van der Waals surface area contributed by atoms with Gasteiger partial charge in [0, 0.05) is 6.54 Å². The van der Waals surface area contributed by atoms with Crippen LogP contribution in [0.25, 0.3) is 0 Å². The summed E-state index contributed by atoms with van der Waals surface area (Å²) in [6, 6.07) is 0. The molecule has 0 unspecified atom stereocenters. The molecule has 0 radical (unpaired) electrons. The van der Waals surface area contributed by atoms with E-state index in [-0.39, 0.29) is 0 Å². The molecule has 0 aromatic rings. The zero-order chi connectivity index (χ0) is 6.57. The molecular weight excluding hydrogens is 130 g/mol. The molecule has 0 saturated heterocycles. The molecule has 48 valence electrons. The van der Waals surface area contributed by atoms with E-state index in [0.717, 1.165) is 5.06 Å².